The molecule has 1 aliphatic carbocycles. The summed E-state index contributed by atoms with van der Waals surface area (Å²) in [4.78, 5) is 24.9. The van der Waals surface area contributed by atoms with Gasteiger partial charge in [0.15, 0.2) is 0 Å². The highest BCUT2D eigenvalue weighted by Gasteiger charge is 2.29. The average Bonchev–Trinajstić information content (AvgIpc) is 3.32. The zero-order valence-corrected chi connectivity index (χ0v) is 16.9. The van der Waals surface area contributed by atoms with E-state index in [0.29, 0.717) is 11.5 Å². The second kappa shape index (κ2) is 6.41. The molecule has 4 aromatic rings. The van der Waals surface area contributed by atoms with Crippen molar-refractivity contribution in [2.45, 2.75) is 31.8 Å². The molecule has 2 aromatic carbocycles. The van der Waals surface area contributed by atoms with Crippen LogP contribution in [0.15, 0.2) is 47.3 Å². The van der Waals surface area contributed by atoms with Gasteiger partial charge in [-0.1, -0.05) is 6.07 Å². The molecule has 0 spiro atoms. The fourth-order valence-electron chi connectivity index (χ4n) is 4.61. The van der Waals surface area contributed by atoms with Crippen molar-refractivity contribution in [2.75, 3.05) is 5.32 Å². The molecule has 1 amide bonds. The normalized spacial score (nSPS) is 15.9. The Hall–Kier alpha value is -3.68. The van der Waals surface area contributed by atoms with Gasteiger partial charge in [-0.2, -0.15) is 5.10 Å². The number of aromatic nitrogens is 4. The molecule has 0 radical (unpaired) electrons. The standard InChI is InChI=1S/C23H20FN5O2/c1-27-18-11-14(7-10-17(18)29(23(27)31)16-3-2-4-16)20-21(13-5-8-15(24)9-6-13)26-28-12-19(30)25-22(20)28/h5-11,16H,2-4,12H2,1H3,(H,25,30). The van der Waals surface area contributed by atoms with E-state index in [1.807, 2.05) is 22.8 Å². The molecule has 7 nitrogen and oxygen atoms in total. The van der Waals surface area contributed by atoms with Crippen molar-refractivity contribution in [1.82, 2.24) is 18.9 Å². The van der Waals surface area contributed by atoms with E-state index >= 15 is 0 Å². The topological polar surface area (TPSA) is 73.8 Å². The first-order chi connectivity index (χ1) is 15.0. The molecule has 3 heterocycles. The third kappa shape index (κ3) is 2.60. The SMILES string of the molecule is Cn1c(=O)n(C2CCC2)c2ccc(-c3c(-c4ccc(F)cc4)nn4c3NC(=O)C4)cc21. The maximum Gasteiger partial charge on any atom is 0.329 e. The summed E-state index contributed by atoms with van der Waals surface area (Å²) in [6.07, 6.45) is 3.20. The van der Waals surface area contributed by atoms with Crippen molar-refractivity contribution in [3.63, 3.8) is 0 Å². The van der Waals surface area contributed by atoms with Gasteiger partial charge in [0.25, 0.3) is 0 Å². The number of amides is 1. The number of carbonyl (C=O) groups excluding carboxylic acids is 1. The monoisotopic (exact) mass is 417 g/mol. The minimum atomic E-state index is -0.320. The first kappa shape index (κ1) is 18.1. The number of hydrogen-bond donors (Lipinski definition) is 1. The lowest BCUT2D eigenvalue weighted by Gasteiger charge is -2.26. The van der Waals surface area contributed by atoms with Crippen LogP contribution < -0.4 is 11.0 Å². The second-order valence-corrected chi connectivity index (χ2v) is 8.28. The molecule has 2 aliphatic rings. The molecule has 8 heteroatoms. The smallest absolute Gasteiger partial charge is 0.309 e. The van der Waals surface area contributed by atoms with Gasteiger partial charge >= 0.3 is 5.69 Å². The summed E-state index contributed by atoms with van der Waals surface area (Å²) in [6.45, 7) is 0.141. The van der Waals surface area contributed by atoms with Crippen molar-refractivity contribution in [3.8, 4) is 22.4 Å². The number of nitrogens with one attached hydrogen (secondary N) is 1. The van der Waals surface area contributed by atoms with E-state index in [2.05, 4.69) is 10.4 Å². The van der Waals surface area contributed by atoms with Crippen molar-refractivity contribution in [2.24, 2.45) is 7.05 Å². The fraction of sp³-hybridized carbons (Fsp3) is 0.261. The highest BCUT2D eigenvalue weighted by atomic mass is 19.1. The van der Waals surface area contributed by atoms with Gasteiger partial charge in [-0.05, 0) is 61.2 Å². The van der Waals surface area contributed by atoms with E-state index in [1.165, 1.54) is 12.1 Å². The largest absolute Gasteiger partial charge is 0.329 e. The molecule has 0 bridgehead atoms. The zero-order chi connectivity index (χ0) is 21.3. The van der Waals surface area contributed by atoms with Crippen molar-refractivity contribution < 1.29 is 9.18 Å². The minimum Gasteiger partial charge on any atom is -0.309 e. The molecule has 0 unspecified atom stereocenters. The van der Waals surface area contributed by atoms with Crippen molar-refractivity contribution in [1.29, 1.82) is 0 Å². The molecule has 6 rings (SSSR count). The number of halogens is 1. The number of fused-ring (bicyclic) bond motifs is 2. The Morgan fingerprint density at radius 3 is 2.48 bits per heavy atom. The molecular weight excluding hydrogens is 397 g/mol. The van der Waals surface area contributed by atoms with Crippen LogP contribution in [0.5, 0.6) is 0 Å². The summed E-state index contributed by atoms with van der Waals surface area (Å²) in [6, 6.07) is 12.3. The Bertz CT molecular complexity index is 1420. The summed E-state index contributed by atoms with van der Waals surface area (Å²) in [5.74, 6) is 0.172. The van der Waals surface area contributed by atoms with E-state index in [0.717, 1.165) is 47.0 Å². The number of imidazole rings is 1. The lowest BCUT2D eigenvalue weighted by molar-refractivity contribution is -0.115. The first-order valence-corrected chi connectivity index (χ1v) is 10.4. The maximum atomic E-state index is 13.5. The van der Waals surface area contributed by atoms with Crippen LogP contribution in [0.2, 0.25) is 0 Å². The van der Waals surface area contributed by atoms with Crippen LogP contribution in [0.1, 0.15) is 25.3 Å². The summed E-state index contributed by atoms with van der Waals surface area (Å²) in [5, 5.41) is 7.53. The van der Waals surface area contributed by atoms with Crippen LogP contribution in [0.3, 0.4) is 0 Å². The van der Waals surface area contributed by atoms with E-state index in [9.17, 15) is 14.0 Å². The van der Waals surface area contributed by atoms with Crippen molar-refractivity contribution >= 4 is 22.8 Å². The summed E-state index contributed by atoms with van der Waals surface area (Å²) in [7, 11) is 1.79. The van der Waals surface area contributed by atoms with Crippen molar-refractivity contribution in [3.05, 3.63) is 58.8 Å². The van der Waals surface area contributed by atoms with E-state index in [1.54, 1.807) is 28.4 Å². The van der Waals surface area contributed by atoms with Gasteiger partial charge < -0.3 is 5.32 Å². The molecule has 2 aromatic heterocycles. The molecule has 156 valence electrons. The van der Waals surface area contributed by atoms with Crippen LogP contribution >= 0.6 is 0 Å². The third-order valence-corrected chi connectivity index (χ3v) is 6.44. The molecule has 1 N–H and O–H groups in total. The zero-order valence-electron chi connectivity index (χ0n) is 16.9. The number of rotatable bonds is 3. The molecule has 1 fully saturated rings. The lowest BCUT2D eigenvalue weighted by atomic mass is 9.92. The van der Waals surface area contributed by atoms with Crippen LogP contribution in [-0.4, -0.2) is 24.8 Å². The van der Waals surface area contributed by atoms with Gasteiger partial charge in [-0.25, -0.2) is 13.9 Å². The van der Waals surface area contributed by atoms with Gasteiger partial charge in [-0.15, -0.1) is 0 Å². The molecule has 31 heavy (non-hydrogen) atoms. The first-order valence-electron chi connectivity index (χ1n) is 10.4. The summed E-state index contributed by atoms with van der Waals surface area (Å²) < 4.78 is 18.7. The Morgan fingerprint density at radius 2 is 1.77 bits per heavy atom. The Balaban J connectivity index is 1.57. The van der Waals surface area contributed by atoms with Crippen LogP contribution in [0.25, 0.3) is 33.4 Å². The maximum absolute atomic E-state index is 13.5. The Kier molecular flexibility index (Phi) is 3.74. The number of hydrogen-bond acceptors (Lipinski definition) is 3. The second-order valence-electron chi connectivity index (χ2n) is 8.28. The van der Waals surface area contributed by atoms with Gasteiger partial charge in [0.05, 0.1) is 16.6 Å². The lowest BCUT2D eigenvalue weighted by Crippen LogP contribution is -2.29. The minimum absolute atomic E-state index is 0.0101. The van der Waals surface area contributed by atoms with Crippen LogP contribution in [0.4, 0.5) is 10.2 Å². The van der Waals surface area contributed by atoms with Gasteiger partial charge in [0, 0.05) is 18.7 Å². The average molecular weight is 417 g/mol. The third-order valence-electron chi connectivity index (χ3n) is 6.44. The number of carbonyl (C=O) groups is 1. The molecule has 1 saturated carbocycles. The predicted molar refractivity (Wildman–Crippen MR) is 115 cm³/mol. The Labute approximate surface area is 176 Å². The van der Waals surface area contributed by atoms with Gasteiger partial charge in [-0.3, -0.25) is 13.9 Å². The van der Waals surface area contributed by atoms with E-state index < -0.39 is 0 Å². The molecular formula is C23H20FN5O2. The van der Waals surface area contributed by atoms with Crippen LogP contribution in [-0.2, 0) is 18.4 Å². The predicted octanol–water partition coefficient (Wildman–Crippen LogP) is 3.69. The quantitative estimate of drug-likeness (QED) is 0.553. The number of aryl methyl sites for hydroxylation is 1. The molecule has 0 atom stereocenters. The highest BCUT2D eigenvalue weighted by molar-refractivity contribution is 6.02. The summed E-state index contributed by atoms with van der Waals surface area (Å²) in [5.41, 5.74) is 4.77. The molecule has 0 saturated heterocycles. The van der Waals surface area contributed by atoms with Gasteiger partial charge in [0.2, 0.25) is 5.91 Å². The highest BCUT2D eigenvalue weighted by Crippen LogP contribution is 2.41. The number of nitrogens with zero attached hydrogens (tertiary/aromatic N) is 4. The van der Waals surface area contributed by atoms with Crippen LogP contribution in [0, 0.1) is 5.82 Å². The van der Waals surface area contributed by atoms with Gasteiger partial charge in [0.1, 0.15) is 23.9 Å². The van der Waals surface area contributed by atoms with E-state index in [-0.39, 0.29) is 30.0 Å². The number of benzene rings is 2. The summed E-state index contributed by atoms with van der Waals surface area (Å²) >= 11 is 0. The Morgan fingerprint density at radius 1 is 1.03 bits per heavy atom. The number of anilines is 1. The molecule has 1 aliphatic heterocycles. The van der Waals surface area contributed by atoms with E-state index in [4.69, 9.17) is 0 Å². The fourth-order valence-corrected chi connectivity index (χ4v) is 4.61.